The first-order chi connectivity index (χ1) is 13.2. The number of methoxy groups -OCH3 is 1. The first-order valence-corrected chi connectivity index (χ1v) is 8.69. The molecule has 1 aromatic rings. The van der Waals surface area contributed by atoms with Gasteiger partial charge in [0, 0.05) is 24.3 Å². The molecule has 0 spiro atoms. The Morgan fingerprint density at radius 3 is 2.37 bits per heavy atom. The zero-order valence-electron chi connectivity index (χ0n) is 15.7. The van der Waals surface area contributed by atoms with Gasteiger partial charge in [0.2, 0.25) is 0 Å². The summed E-state index contributed by atoms with van der Waals surface area (Å²) in [6.07, 6.45) is -9.27. The maximum Gasteiger partial charge on any atom is 0.459 e. The molecule has 1 atom stereocenters. The molecule has 4 nitrogen and oxygen atoms in total. The van der Waals surface area contributed by atoms with E-state index in [1.807, 2.05) is 0 Å². The van der Waals surface area contributed by atoms with Crippen molar-refractivity contribution in [1.82, 2.24) is 5.01 Å². The third-order valence-corrected chi connectivity index (χ3v) is 4.69. The Morgan fingerprint density at radius 2 is 1.83 bits per heavy atom. The Kier molecular flexibility index (Phi) is 8.03. The van der Waals surface area contributed by atoms with Crippen molar-refractivity contribution in [3.8, 4) is 5.75 Å². The standard InChI is InChI=1S/C17H17ClF7N3O.ClH/c1-9-8-28(27-13(9)10-4-3-5-11(18)14(10)29-2)12(26)6-7-15(19,20)16(21,22)17(23,24)25;/h3-5,9,26H,6-8H2,1-2H3;1H. The average Bonchev–Trinajstić information content (AvgIpc) is 3.00. The van der Waals surface area contributed by atoms with E-state index in [9.17, 15) is 30.7 Å². The Bertz CT molecular complexity index is 815. The first-order valence-electron chi connectivity index (χ1n) is 8.31. The minimum absolute atomic E-state index is 0. The number of amidine groups is 1. The first kappa shape index (κ1) is 26.3. The van der Waals surface area contributed by atoms with E-state index in [2.05, 4.69) is 5.10 Å². The monoisotopic (exact) mass is 483 g/mol. The summed E-state index contributed by atoms with van der Waals surface area (Å²) in [6, 6.07) is 4.85. The van der Waals surface area contributed by atoms with E-state index in [-0.39, 0.29) is 24.9 Å². The van der Waals surface area contributed by atoms with Gasteiger partial charge >= 0.3 is 18.0 Å². The maximum atomic E-state index is 13.5. The van der Waals surface area contributed by atoms with Gasteiger partial charge in [0.15, 0.2) is 0 Å². The lowest BCUT2D eigenvalue weighted by Gasteiger charge is -2.28. The van der Waals surface area contributed by atoms with E-state index in [4.69, 9.17) is 21.7 Å². The summed E-state index contributed by atoms with van der Waals surface area (Å²) in [5.41, 5.74) is 0.915. The molecule has 0 bridgehead atoms. The second kappa shape index (κ2) is 9.17. The summed E-state index contributed by atoms with van der Waals surface area (Å²) >= 11 is 6.05. The van der Waals surface area contributed by atoms with Crippen LogP contribution in [0.4, 0.5) is 30.7 Å². The van der Waals surface area contributed by atoms with Crippen LogP contribution in [-0.4, -0.2) is 48.2 Å². The molecule has 1 aliphatic rings. The van der Waals surface area contributed by atoms with Gasteiger partial charge in [-0.3, -0.25) is 10.4 Å². The van der Waals surface area contributed by atoms with Gasteiger partial charge in [0.05, 0.1) is 24.4 Å². The summed E-state index contributed by atoms with van der Waals surface area (Å²) in [5, 5.41) is 13.2. The number of benzene rings is 1. The number of para-hydroxylation sites is 1. The van der Waals surface area contributed by atoms with Crippen molar-refractivity contribution < 1.29 is 35.5 Å². The fourth-order valence-electron chi connectivity index (χ4n) is 2.79. The molecule has 2 rings (SSSR count). The lowest BCUT2D eigenvalue weighted by Crippen LogP contribution is -2.52. The third kappa shape index (κ3) is 4.93. The van der Waals surface area contributed by atoms with Crippen LogP contribution < -0.4 is 4.74 Å². The smallest absolute Gasteiger partial charge is 0.459 e. The van der Waals surface area contributed by atoms with E-state index in [0.717, 1.165) is 5.01 Å². The average molecular weight is 484 g/mol. The Balaban J connectivity index is 0.00000450. The Hall–Kier alpha value is -1.75. The number of nitrogens with zero attached hydrogens (tertiary/aromatic N) is 2. The third-order valence-electron chi connectivity index (χ3n) is 4.39. The van der Waals surface area contributed by atoms with Crippen LogP contribution in [0.15, 0.2) is 23.3 Å². The highest BCUT2D eigenvalue weighted by Crippen LogP contribution is 2.48. The van der Waals surface area contributed by atoms with Gasteiger partial charge in [0.25, 0.3) is 0 Å². The van der Waals surface area contributed by atoms with Gasteiger partial charge in [-0.15, -0.1) is 12.4 Å². The molecule has 0 fully saturated rings. The fraction of sp³-hybridized carbons (Fsp3) is 0.529. The van der Waals surface area contributed by atoms with Gasteiger partial charge in [-0.25, -0.2) is 0 Å². The lowest BCUT2D eigenvalue weighted by atomic mass is 9.98. The van der Waals surface area contributed by atoms with Crippen LogP contribution in [0, 0.1) is 11.3 Å². The van der Waals surface area contributed by atoms with Crippen molar-refractivity contribution in [3.63, 3.8) is 0 Å². The van der Waals surface area contributed by atoms with Crippen LogP contribution in [0.3, 0.4) is 0 Å². The molecule has 0 radical (unpaired) electrons. The van der Waals surface area contributed by atoms with Gasteiger partial charge in [-0.05, 0) is 12.1 Å². The van der Waals surface area contributed by atoms with Crippen molar-refractivity contribution in [3.05, 3.63) is 28.8 Å². The largest absolute Gasteiger partial charge is 0.494 e. The molecule has 1 aromatic carbocycles. The molecule has 0 aliphatic carbocycles. The highest BCUT2D eigenvalue weighted by atomic mass is 35.5. The van der Waals surface area contributed by atoms with E-state index in [1.165, 1.54) is 7.11 Å². The van der Waals surface area contributed by atoms with Crippen LogP contribution in [-0.2, 0) is 0 Å². The summed E-state index contributed by atoms with van der Waals surface area (Å²) in [5.74, 6) is -12.2. The fourth-order valence-corrected chi connectivity index (χ4v) is 3.04. The molecule has 0 saturated heterocycles. The molecule has 170 valence electrons. The summed E-state index contributed by atoms with van der Waals surface area (Å²) in [6.45, 7) is 1.78. The molecule has 1 unspecified atom stereocenters. The number of alkyl halides is 7. The van der Waals surface area contributed by atoms with Crippen molar-refractivity contribution in [1.29, 1.82) is 5.41 Å². The van der Waals surface area contributed by atoms with E-state index in [1.54, 1.807) is 25.1 Å². The number of rotatable bonds is 6. The second-order valence-electron chi connectivity index (χ2n) is 6.51. The minimum atomic E-state index is -6.39. The van der Waals surface area contributed by atoms with Crippen LogP contribution >= 0.6 is 24.0 Å². The maximum absolute atomic E-state index is 13.5. The Morgan fingerprint density at radius 1 is 1.23 bits per heavy atom. The van der Waals surface area contributed by atoms with Gasteiger partial charge < -0.3 is 4.74 Å². The molecule has 1 aliphatic heterocycles. The lowest BCUT2D eigenvalue weighted by molar-refractivity contribution is -0.355. The Labute approximate surface area is 178 Å². The molecular formula is C17H18Cl2F7N3O. The number of hydrogen-bond donors (Lipinski definition) is 1. The van der Waals surface area contributed by atoms with E-state index < -0.39 is 36.7 Å². The van der Waals surface area contributed by atoms with Crippen molar-refractivity contribution >= 4 is 35.6 Å². The van der Waals surface area contributed by atoms with Crippen molar-refractivity contribution in [2.75, 3.05) is 13.7 Å². The topological polar surface area (TPSA) is 48.7 Å². The zero-order valence-corrected chi connectivity index (χ0v) is 17.2. The normalized spacial score (nSPS) is 17.5. The molecule has 30 heavy (non-hydrogen) atoms. The number of nitrogens with one attached hydrogen (secondary N) is 1. The molecule has 0 saturated carbocycles. The predicted octanol–water partition coefficient (Wildman–Crippen LogP) is 6.02. The van der Waals surface area contributed by atoms with Gasteiger partial charge in [0.1, 0.15) is 11.6 Å². The van der Waals surface area contributed by atoms with Crippen molar-refractivity contribution in [2.24, 2.45) is 11.0 Å². The molecule has 13 heteroatoms. The molecular weight excluding hydrogens is 466 g/mol. The highest BCUT2D eigenvalue weighted by molar-refractivity contribution is 6.32. The quantitative estimate of drug-likeness (QED) is 0.305. The number of hydrogen-bond acceptors (Lipinski definition) is 3. The minimum Gasteiger partial charge on any atom is -0.494 e. The molecule has 0 aromatic heterocycles. The highest BCUT2D eigenvalue weighted by Gasteiger charge is 2.72. The van der Waals surface area contributed by atoms with Crippen LogP contribution in [0.1, 0.15) is 25.3 Å². The van der Waals surface area contributed by atoms with Crippen LogP contribution in [0.5, 0.6) is 5.75 Å². The van der Waals surface area contributed by atoms with Crippen molar-refractivity contribution in [2.45, 2.75) is 37.8 Å². The van der Waals surface area contributed by atoms with E-state index >= 15 is 0 Å². The van der Waals surface area contributed by atoms with E-state index in [0.29, 0.717) is 22.0 Å². The van der Waals surface area contributed by atoms with Gasteiger partial charge in [-0.1, -0.05) is 24.6 Å². The molecule has 1 heterocycles. The predicted molar refractivity (Wildman–Crippen MR) is 101 cm³/mol. The van der Waals surface area contributed by atoms with Crippen LogP contribution in [0.2, 0.25) is 5.02 Å². The number of ether oxygens (including phenoxy) is 1. The van der Waals surface area contributed by atoms with Gasteiger partial charge in [-0.2, -0.15) is 35.8 Å². The SMILES string of the molecule is COc1c(Cl)cccc1C1=NN(C(=N)CCC(F)(F)C(F)(F)C(F)(F)F)CC1C.Cl. The summed E-state index contributed by atoms with van der Waals surface area (Å²) < 4.78 is 94.7. The number of hydrazone groups is 1. The number of halogens is 9. The van der Waals surface area contributed by atoms with Crippen LogP contribution in [0.25, 0.3) is 0 Å². The molecule has 0 amide bonds. The summed E-state index contributed by atoms with van der Waals surface area (Å²) in [7, 11) is 1.38. The molecule has 1 N–H and O–H groups in total. The zero-order chi connectivity index (χ0) is 22.2. The summed E-state index contributed by atoms with van der Waals surface area (Å²) in [4.78, 5) is 0. The second-order valence-corrected chi connectivity index (χ2v) is 6.92.